The maximum absolute atomic E-state index is 13.5. The summed E-state index contributed by atoms with van der Waals surface area (Å²) in [5.74, 6) is -1.07. The van der Waals surface area contributed by atoms with Crippen LogP contribution in [0.2, 0.25) is 0 Å². The highest BCUT2D eigenvalue weighted by molar-refractivity contribution is 6.51. The molecule has 6 heteroatoms. The molecule has 1 unspecified atom stereocenters. The van der Waals surface area contributed by atoms with Crippen LogP contribution in [0.4, 0.5) is 5.69 Å². The largest absolute Gasteiger partial charge is 0.508 e. The number of rotatable bonds is 5. The number of methoxy groups -OCH3 is 1. The first-order valence-corrected chi connectivity index (χ1v) is 12.3. The van der Waals surface area contributed by atoms with E-state index in [0.717, 1.165) is 11.1 Å². The van der Waals surface area contributed by atoms with Crippen LogP contribution in [0.3, 0.4) is 0 Å². The summed E-state index contributed by atoms with van der Waals surface area (Å²) in [4.78, 5) is 28.4. The van der Waals surface area contributed by atoms with Crippen molar-refractivity contribution in [3.63, 3.8) is 0 Å². The van der Waals surface area contributed by atoms with Gasteiger partial charge in [-0.15, -0.1) is 0 Å². The van der Waals surface area contributed by atoms with Crippen molar-refractivity contribution in [2.45, 2.75) is 52.0 Å². The number of amides is 1. The molecule has 0 radical (unpaired) electrons. The molecule has 0 aromatic heterocycles. The number of hydrogen-bond acceptors (Lipinski definition) is 5. The third-order valence-electron chi connectivity index (χ3n) is 6.81. The maximum atomic E-state index is 13.5. The number of carbonyl (C=O) groups excluding carboxylic acids is 2. The summed E-state index contributed by atoms with van der Waals surface area (Å²) < 4.78 is 5.52. The molecule has 1 aliphatic heterocycles. The molecule has 0 saturated carbocycles. The fourth-order valence-electron chi connectivity index (χ4n) is 4.60. The molecule has 6 nitrogen and oxygen atoms in total. The number of aliphatic hydroxyl groups is 1. The Morgan fingerprint density at radius 1 is 0.946 bits per heavy atom. The van der Waals surface area contributed by atoms with E-state index in [9.17, 15) is 19.8 Å². The van der Waals surface area contributed by atoms with Gasteiger partial charge in [0.05, 0.1) is 24.3 Å². The van der Waals surface area contributed by atoms with Gasteiger partial charge in [-0.05, 0) is 64.4 Å². The monoisotopic (exact) mass is 499 g/mol. The Balaban J connectivity index is 1.96. The molecule has 0 bridgehead atoms. The van der Waals surface area contributed by atoms with Crippen LogP contribution >= 0.6 is 0 Å². The number of aromatic hydroxyl groups is 1. The topological polar surface area (TPSA) is 87.1 Å². The number of nitrogens with zero attached hydrogens (tertiary/aromatic N) is 1. The lowest BCUT2D eigenvalue weighted by Gasteiger charge is -2.26. The van der Waals surface area contributed by atoms with Gasteiger partial charge in [0.2, 0.25) is 0 Å². The summed E-state index contributed by atoms with van der Waals surface area (Å²) in [6.45, 7) is 10.3. The molecule has 0 spiro atoms. The highest BCUT2D eigenvalue weighted by Crippen LogP contribution is 2.44. The number of ketones is 1. The van der Waals surface area contributed by atoms with E-state index >= 15 is 0 Å². The molecule has 192 valence electrons. The second kappa shape index (κ2) is 9.77. The van der Waals surface area contributed by atoms with E-state index in [4.69, 9.17) is 4.74 Å². The number of aliphatic hydroxyl groups excluding tert-OH is 1. The molecule has 37 heavy (non-hydrogen) atoms. The number of phenolic OH excluding ortho intramolecular Hbond substituents is 1. The highest BCUT2D eigenvalue weighted by atomic mass is 16.5. The number of hydrogen-bond donors (Lipinski definition) is 2. The van der Waals surface area contributed by atoms with E-state index in [1.807, 2.05) is 30.3 Å². The highest BCUT2D eigenvalue weighted by Gasteiger charge is 2.47. The number of carbonyl (C=O) groups is 2. The van der Waals surface area contributed by atoms with Gasteiger partial charge in [-0.25, -0.2) is 0 Å². The van der Waals surface area contributed by atoms with Gasteiger partial charge < -0.3 is 14.9 Å². The van der Waals surface area contributed by atoms with Crippen molar-refractivity contribution < 1.29 is 24.5 Å². The Hall–Kier alpha value is -4.06. The third kappa shape index (κ3) is 4.84. The lowest BCUT2D eigenvalue weighted by atomic mass is 9.85. The van der Waals surface area contributed by atoms with Crippen molar-refractivity contribution in [2.24, 2.45) is 0 Å². The van der Waals surface area contributed by atoms with Gasteiger partial charge in [-0.2, -0.15) is 0 Å². The smallest absolute Gasteiger partial charge is 0.300 e. The molecule has 1 heterocycles. The quantitative estimate of drug-likeness (QED) is 0.239. The zero-order valence-corrected chi connectivity index (χ0v) is 22.1. The molecule has 4 rings (SSSR count). The van der Waals surface area contributed by atoms with Crippen molar-refractivity contribution in [3.8, 4) is 11.5 Å². The summed E-state index contributed by atoms with van der Waals surface area (Å²) in [6, 6.07) is 18.4. The van der Waals surface area contributed by atoms with E-state index in [2.05, 4.69) is 34.6 Å². The summed E-state index contributed by atoms with van der Waals surface area (Å²) in [5.41, 5.74) is 3.25. The maximum Gasteiger partial charge on any atom is 0.300 e. The zero-order chi connectivity index (χ0) is 27.1. The first kappa shape index (κ1) is 26.0. The van der Waals surface area contributed by atoms with Crippen LogP contribution in [-0.2, 0) is 15.0 Å². The van der Waals surface area contributed by atoms with Crippen LogP contribution < -0.4 is 9.64 Å². The van der Waals surface area contributed by atoms with E-state index < -0.39 is 17.7 Å². The molecule has 1 fully saturated rings. The van der Waals surface area contributed by atoms with Crippen LogP contribution in [0, 0.1) is 0 Å². The van der Waals surface area contributed by atoms with Gasteiger partial charge in [-0.3, -0.25) is 14.5 Å². The first-order chi connectivity index (χ1) is 17.4. The second-order valence-corrected chi connectivity index (χ2v) is 10.7. The van der Waals surface area contributed by atoms with Crippen molar-refractivity contribution >= 4 is 23.1 Å². The van der Waals surface area contributed by atoms with Gasteiger partial charge in [0.25, 0.3) is 11.7 Å². The minimum Gasteiger partial charge on any atom is -0.508 e. The van der Waals surface area contributed by atoms with Gasteiger partial charge >= 0.3 is 0 Å². The van der Waals surface area contributed by atoms with Gasteiger partial charge in [0.1, 0.15) is 17.3 Å². The number of ether oxygens (including phenoxy) is 1. The van der Waals surface area contributed by atoms with Gasteiger partial charge in [0.15, 0.2) is 0 Å². The van der Waals surface area contributed by atoms with Crippen molar-refractivity contribution in [1.29, 1.82) is 0 Å². The fraction of sp³-hybridized carbons (Fsp3) is 0.290. The van der Waals surface area contributed by atoms with Crippen molar-refractivity contribution in [3.05, 3.63) is 94.6 Å². The number of Topliss-reactive ketones (excluding diaryl/α,β-unsaturated/α-hetero) is 1. The minimum absolute atomic E-state index is 0.0343. The number of phenols is 1. The molecule has 2 N–H and O–H groups in total. The third-order valence-corrected chi connectivity index (χ3v) is 6.81. The predicted octanol–water partition coefficient (Wildman–Crippen LogP) is 6.45. The Morgan fingerprint density at radius 3 is 2.11 bits per heavy atom. The van der Waals surface area contributed by atoms with Crippen molar-refractivity contribution in [1.82, 2.24) is 0 Å². The Bertz CT molecular complexity index is 1360. The molecule has 1 amide bonds. The lowest BCUT2D eigenvalue weighted by molar-refractivity contribution is -0.132. The van der Waals surface area contributed by atoms with Crippen molar-refractivity contribution in [2.75, 3.05) is 12.0 Å². The lowest BCUT2D eigenvalue weighted by Crippen LogP contribution is -2.29. The molecule has 3 aromatic rings. The molecule has 3 aromatic carbocycles. The van der Waals surface area contributed by atoms with E-state index in [1.54, 1.807) is 24.3 Å². The van der Waals surface area contributed by atoms with E-state index in [-0.39, 0.29) is 22.5 Å². The van der Waals surface area contributed by atoms with Crippen LogP contribution in [0.25, 0.3) is 5.76 Å². The molecule has 0 aliphatic carbocycles. The molecule has 1 saturated heterocycles. The van der Waals surface area contributed by atoms with Crippen LogP contribution in [0.1, 0.15) is 68.8 Å². The Morgan fingerprint density at radius 2 is 1.57 bits per heavy atom. The van der Waals surface area contributed by atoms with Crippen LogP contribution in [0.5, 0.6) is 11.5 Å². The Labute approximate surface area is 217 Å². The summed E-state index contributed by atoms with van der Waals surface area (Å²) in [5, 5.41) is 21.5. The summed E-state index contributed by atoms with van der Waals surface area (Å²) >= 11 is 0. The predicted molar refractivity (Wildman–Crippen MR) is 145 cm³/mol. The number of anilines is 1. The van der Waals surface area contributed by atoms with Gasteiger partial charge in [0, 0.05) is 5.69 Å². The summed E-state index contributed by atoms with van der Waals surface area (Å²) in [7, 11) is 1.50. The number of benzene rings is 3. The zero-order valence-electron chi connectivity index (χ0n) is 22.1. The molecular weight excluding hydrogens is 466 g/mol. The van der Waals surface area contributed by atoms with Crippen LogP contribution in [-0.4, -0.2) is 29.0 Å². The molecular formula is C31H33NO5. The Kier molecular flexibility index (Phi) is 6.87. The fourth-order valence-corrected chi connectivity index (χ4v) is 4.60. The van der Waals surface area contributed by atoms with Crippen LogP contribution in [0.15, 0.2) is 72.3 Å². The van der Waals surface area contributed by atoms with E-state index in [0.29, 0.717) is 28.5 Å². The average molecular weight is 500 g/mol. The molecule has 1 aliphatic rings. The molecule has 1 atom stereocenters. The van der Waals surface area contributed by atoms with E-state index in [1.165, 1.54) is 24.1 Å². The SMILES string of the molecule is COc1ccc(C(C)(C)C)cc1/C(O)=C1\C(=O)C(=O)N(c2ccc(C(C)C)cc2)C1c1ccc(O)cc1. The normalized spacial score (nSPS) is 17.5. The standard InChI is InChI=1S/C31H33NO5/c1-18(2)19-7-12-22(13-8-19)32-27(20-9-14-23(33)15-10-20)26(29(35)30(32)36)28(34)24-17-21(31(3,4)5)11-16-25(24)37-6/h7-18,27,33-34H,1-6H3/b28-26+. The first-order valence-electron chi connectivity index (χ1n) is 12.3. The summed E-state index contributed by atoms with van der Waals surface area (Å²) in [6.07, 6.45) is 0. The average Bonchev–Trinajstić information content (AvgIpc) is 3.13. The minimum atomic E-state index is -0.895. The second-order valence-electron chi connectivity index (χ2n) is 10.7. The van der Waals surface area contributed by atoms with Gasteiger partial charge in [-0.1, -0.05) is 65.0 Å².